The van der Waals surface area contributed by atoms with Crippen LogP contribution in [-0.4, -0.2) is 11.2 Å². The van der Waals surface area contributed by atoms with Crippen LogP contribution < -0.4 is 16.4 Å². The summed E-state index contributed by atoms with van der Waals surface area (Å²) in [6.07, 6.45) is 1.17. The van der Waals surface area contributed by atoms with Gasteiger partial charge in [0.2, 0.25) is 0 Å². The minimum Gasteiger partial charge on any atom is -0.465 e. The maximum absolute atomic E-state index is 10.2. The molecule has 2 aromatic rings. The van der Waals surface area contributed by atoms with E-state index in [2.05, 4.69) is 33.6 Å². The Labute approximate surface area is 144 Å². The van der Waals surface area contributed by atoms with Gasteiger partial charge in [-0.2, -0.15) is 5.26 Å². The second-order valence-corrected chi connectivity index (χ2v) is 5.91. The monoisotopic (exact) mass is 343 g/mol. The summed E-state index contributed by atoms with van der Waals surface area (Å²) in [4.78, 5) is 10.2. The Hall–Kier alpha value is -2.57. The predicted molar refractivity (Wildman–Crippen MR) is 102 cm³/mol. The lowest BCUT2D eigenvalue weighted by Crippen LogP contribution is -2.07. The van der Waals surface area contributed by atoms with Crippen LogP contribution in [0.2, 0.25) is 0 Å². The molecule has 0 aliphatic carbocycles. The number of benzene rings is 2. The number of nitrogens with zero attached hydrogens (tertiary/aromatic N) is 1. The molecule has 0 saturated heterocycles. The van der Waals surface area contributed by atoms with E-state index in [-0.39, 0.29) is 0 Å². The summed E-state index contributed by atoms with van der Waals surface area (Å²) in [7, 11) is 2.59. The van der Waals surface area contributed by atoms with Crippen molar-refractivity contribution in [2.75, 3.05) is 11.1 Å². The van der Waals surface area contributed by atoms with Crippen LogP contribution in [0.5, 0.6) is 0 Å². The van der Waals surface area contributed by atoms with Gasteiger partial charge in [0.1, 0.15) is 0 Å². The van der Waals surface area contributed by atoms with Gasteiger partial charge in [0, 0.05) is 11.4 Å². The molecule has 4 N–H and O–H groups in total. The number of nitrogens with two attached hydrogens (primary N) is 1. The summed E-state index contributed by atoms with van der Waals surface area (Å²) in [5.41, 5.74) is 9.66. The highest BCUT2D eigenvalue weighted by Gasteiger charge is 1.99. The van der Waals surface area contributed by atoms with Crippen molar-refractivity contribution in [3.8, 4) is 6.07 Å². The molecule has 6 heteroatoms. The zero-order chi connectivity index (χ0) is 18.1. The molecule has 0 heterocycles. The van der Waals surface area contributed by atoms with Crippen LogP contribution >= 0.6 is 9.24 Å². The van der Waals surface area contributed by atoms with Gasteiger partial charge in [-0.3, -0.25) is 5.32 Å². The molecular formula is C18H22N3O2P. The highest BCUT2D eigenvalue weighted by molar-refractivity contribution is 7.27. The molecule has 0 saturated carbocycles. The molecule has 0 fully saturated rings. The second-order valence-electron chi connectivity index (χ2n) is 5.28. The Bertz CT molecular complexity index is 754. The van der Waals surface area contributed by atoms with Gasteiger partial charge < -0.3 is 10.8 Å². The van der Waals surface area contributed by atoms with E-state index in [4.69, 9.17) is 16.1 Å². The molecule has 1 amide bonds. The summed E-state index contributed by atoms with van der Waals surface area (Å²) < 4.78 is 0. The van der Waals surface area contributed by atoms with Crippen molar-refractivity contribution in [1.29, 1.82) is 5.26 Å². The first-order valence-corrected chi connectivity index (χ1v) is 8.09. The molecule has 0 bridgehead atoms. The van der Waals surface area contributed by atoms with Crippen LogP contribution in [0.4, 0.5) is 16.2 Å². The van der Waals surface area contributed by atoms with Gasteiger partial charge in [0.15, 0.2) is 0 Å². The highest BCUT2D eigenvalue weighted by atomic mass is 31.0. The maximum Gasteiger partial charge on any atom is 0.409 e. The van der Waals surface area contributed by atoms with Crippen LogP contribution in [0.3, 0.4) is 0 Å². The van der Waals surface area contributed by atoms with Gasteiger partial charge in [0.05, 0.1) is 11.6 Å². The molecular weight excluding hydrogens is 321 g/mol. The van der Waals surface area contributed by atoms with Crippen molar-refractivity contribution < 1.29 is 9.90 Å². The fraction of sp³-hybridized carbons (Fsp3) is 0.222. The lowest BCUT2D eigenvalue weighted by molar-refractivity contribution is 0.210. The molecule has 1 unspecified atom stereocenters. The average Bonchev–Trinajstić information content (AvgIpc) is 2.52. The van der Waals surface area contributed by atoms with Gasteiger partial charge in [-0.15, -0.1) is 9.24 Å². The zero-order valence-electron chi connectivity index (χ0n) is 13.8. The summed E-state index contributed by atoms with van der Waals surface area (Å²) in [6.45, 7) is 3.98. The molecule has 0 aliphatic rings. The highest BCUT2D eigenvalue weighted by Crippen LogP contribution is 2.16. The summed E-state index contributed by atoms with van der Waals surface area (Å²) in [5.74, 6) is 0. The fourth-order valence-corrected chi connectivity index (χ4v) is 2.41. The minimum atomic E-state index is -1.07. The Morgan fingerprint density at radius 2 is 2.04 bits per heavy atom. The Morgan fingerprint density at radius 1 is 1.33 bits per heavy atom. The van der Waals surface area contributed by atoms with E-state index in [1.54, 1.807) is 18.2 Å². The summed E-state index contributed by atoms with van der Waals surface area (Å²) >= 11 is 0. The van der Waals surface area contributed by atoms with Crippen LogP contribution in [0.15, 0.2) is 36.4 Å². The van der Waals surface area contributed by atoms with Crippen molar-refractivity contribution in [1.82, 2.24) is 0 Å². The Kier molecular flexibility index (Phi) is 7.74. The van der Waals surface area contributed by atoms with Gasteiger partial charge in [-0.05, 0) is 54.0 Å². The van der Waals surface area contributed by atoms with E-state index in [1.807, 2.05) is 19.1 Å². The number of nitrogens with one attached hydrogen (secondary N) is 1. The molecule has 126 valence electrons. The zero-order valence-corrected chi connectivity index (χ0v) is 15.0. The molecule has 24 heavy (non-hydrogen) atoms. The first-order chi connectivity index (χ1) is 11.4. The fourth-order valence-electron chi connectivity index (χ4n) is 2.04. The number of amides is 1. The first-order valence-electron chi connectivity index (χ1n) is 7.52. The number of rotatable bonds is 3. The van der Waals surface area contributed by atoms with Crippen LogP contribution in [0, 0.1) is 18.3 Å². The number of anilines is 2. The molecule has 0 aliphatic heterocycles. The van der Waals surface area contributed by atoms with Gasteiger partial charge in [-0.25, -0.2) is 4.79 Å². The van der Waals surface area contributed by atoms with Crippen LogP contribution in [0.25, 0.3) is 0 Å². The van der Waals surface area contributed by atoms with Gasteiger partial charge >= 0.3 is 6.09 Å². The summed E-state index contributed by atoms with van der Waals surface area (Å²) in [5, 5.41) is 20.3. The van der Waals surface area contributed by atoms with E-state index >= 15 is 0 Å². The third-order valence-corrected chi connectivity index (χ3v) is 3.77. The van der Waals surface area contributed by atoms with E-state index < -0.39 is 6.09 Å². The standard InChI is InChI=1S/C10H12NP.C8H10N2O2/c1-2-3-8-4-5-9(7-11)10(12)6-8;1-5-4-6(10-8(11)12)2-3-7(5)9/h4-6H,2-3,12H2,1H3;2-4,10H,9H2,1H3,(H,11,12). The molecule has 1 atom stereocenters. The van der Waals surface area contributed by atoms with E-state index in [0.717, 1.165) is 29.3 Å². The number of carbonyl (C=O) groups is 1. The Morgan fingerprint density at radius 3 is 2.54 bits per heavy atom. The van der Waals surface area contributed by atoms with Crippen molar-refractivity contribution in [3.05, 3.63) is 53.1 Å². The quantitative estimate of drug-likeness (QED) is 0.585. The molecule has 0 aromatic heterocycles. The van der Waals surface area contributed by atoms with Crippen molar-refractivity contribution in [2.45, 2.75) is 26.7 Å². The van der Waals surface area contributed by atoms with Gasteiger partial charge in [-0.1, -0.05) is 25.5 Å². The number of hydrogen-bond donors (Lipinski definition) is 3. The number of hydrogen-bond acceptors (Lipinski definition) is 3. The smallest absolute Gasteiger partial charge is 0.409 e. The topological polar surface area (TPSA) is 99.1 Å². The number of carboxylic acid groups (broad SMARTS) is 1. The van der Waals surface area contributed by atoms with Crippen molar-refractivity contribution in [3.63, 3.8) is 0 Å². The van der Waals surface area contributed by atoms with Crippen molar-refractivity contribution in [2.24, 2.45) is 0 Å². The van der Waals surface area contributed by atoms with Gasteiger partial charge in [0.25, 0.3) is 0 Å². The molecule has 0 spiro atoms. The van der Waals surface area contributed by atoms with Crippen LogP contribution in [0.1, 0.15) is 30.0 Å². The summed E-state index contributed by atoms with van der Waals surface area (Å²) in [6, 6.07) is 13.1. The third kappa shape index (κ3) is 6.28. The SMILES string of the molecule is CCCc1ccc(C#N)c(P)c1.Cc1cc(NC(=O)O)ccc1N. The number of nitriles is 1. The lowest BCUT2D eigenvalue weighted by atomic mass is 10.1. The van der Waals surface area contributed by atoms with Crippen LogP contribution in [-0.2, 0) is 6.42 Å². The second kappa shape index (κ2) is 9.54. The minimum absolute atomic E-state index is 0.536. The maximum atomic E-state index is 10.2. The lowest BCUT2D eigenvalue weighted by Gasteiger charge is -2.03. The number of nitrogen functional groups attached to an aromatic ring is 1. The molecule has 2 rings (SSSR count). The van der Waals surface area contributed by atoms with E-state index in [9.17, 15) is 4.79 Å². The average molecular weight is 343 g/mol. The normalized spacial score (nSPS) is 9.42. The largest absolute Gasteiger partial charge is 0.465 e. The van der Waals surface area contributed by atoms with E-state index in [1.165, 1.54) is 5.56 Å². The molecule has 2 aromatic carbocycles. The molecule has 5 nitrogen and oxygen atoms in total. The first kappa shape index (κ1) is 19.5. The van der Waals surface area contributed by atoms with Crippen molar-refractivity contribution >= 4 is 32.0 Å². The predicted octanol–water partition coefficient (Wildman–Crippen LogP) is 3.68. The number of aryl methyl sites for hydroxylation is 2. The van der Waals surface area contributed by atoms with E-state index in [0.29, 0.717) is 11.4 Å². The Balaban J connectivity index is 0.000000240. The molecule has 0 radical (unpaired) electrons. The third-order valence-electron chi connectivity index (χ3n) is 3.30.